The molecule has 2 nitrogen and oxygen atoms in total. The number of rotatable bonds is 3. The van der Waals surface area contributed by atoms with Crippen LogP contribution < -0.4 is 0 Å². The van der Waals surface area contributed by atoms with Crippen molar-refractivity contribution in [2.24, 2.45) is 22.7 Å². The Morgan fingerprint density at radius 1 is 1.32 bits per heavy atom. The van der Waals surface area contributed by atoms with Crippen LogP contribution in [0, 0.1) is 22.7 Å². The fraction of sp³-hybridized carbons (Fsp3) is 0.929. The molecule has 2 aliphatic carbocycles. The van der Waals surface area contributed by atoms with Crippen molar-refractivity contribution in [2.75, 3.05) is 6.61 Å². The first-order chi connectivity index (χ1) is 8.56. The van der Waals surface area contributed by atoms with Crippen molar-refractivity contribution in [3.63, 3.8) is 0 Å². The van der Waals surface area contributed by atoms with Crippen LogP contribution in [0.4, 0.5) is 13.2 Å². The molecule has 3 unspecified atom stereocenters. The third kappa shape index (κ3) is 2.48. The zero-order valence-corrected chi connectivity index (χ0v) is 11.6. The lowest BCUT2D eigenvalue weighted by molar-refractivity contribution is -0.228. The molecular weight excluding hydrogens is 257 g/mol. The predicted octanol–water partition coefficient (Wildman–Crippen LogP) is 3.94. The highest BCUT2D eigenvalue weighted by molar-refractivity contribution is 5.77. The van der Waals surface area contributed by atoms with E-state index in [4.69, 9.17) is 4.74 Å². The Morgan fingerprint density at radius 2 is 1.95 bits per heavy atom. The summed E-state index contributed by atoms with van der Waals surface area (Å²) < 4.78 is 43.2. The summed E-state index contributed by atoms with van der Waals surface area (Å²) in [5.41, 5.74) is -2.55. The summed E-state index contributed by atoms with van der Waals surface area (Å²) in [5, 5.41) is 0. The molecule has 19 heavy (non-hydrogen) atoms. The van der Waals surface area contributed by atoms with Crippen LogP contribution in [0.25, 0.3) is 0 Å². The first-order valence-corrected chi connectivity index (χ1v) is 6.80. The summed E-state index contributed by atoms with van der Waals surface area (Å²) in [5.74, 6) is 0.397. The van der Waals surface area contributed by atoms with Gasteiger partial charge in [-0.3, -0.25) is 4.79 Å². The van der Waals surface area contributed by atoms with Gasteiger partial charge in [0, 0.05) is 0 Å². The molecule has 0 aromatic rings. The van der Waals surface area contributed by atoms with Gasteiger partial charge in [-0.15, -0.1) is 0 Å². The maximum atomic E-state index is 12.7. The van der Waals surface area contributed by atoms with Gasteiger partial charge in [0.05, 0.1) is 10.8 Å². The number of esters is 1. The van der Waals surface area contributed by atoms with E-state index >= 15 is 0 Å². The molecule has 2 fully saturated rings. The normalized spacial score (nSPS) is 34.6. The first-order valence-electron chi connectivity index (χ1n) is 6.80. The van der Waals surface area contributed by atoms with Crippen LogP contribution in [0.3, 0.4) is 0 Å². The molecule has 0 amide bonds. The summed E-state index contributed by atoms with van der Waals surface area (Å²) in [7, 11) is 0. The Bertz CT molecular complexity index is 375. The van der Waals surface area contributed by atoms with Gasteiger partial charge < -0.3 is 4.74 Å². The lowest BCUT2D eigenvalue weighted by Gasteiger charge is -2.33. The molecule has 0 N–H and O–H groups in total. The lowest BCUT2D eigenvalue weighted by atomic mass is 9.75. The van der Waals surface area contributed by atoms with Crippen molar-refractivity contribution < 1.29 is 22.7 Å². The second-order valence-electron chi connectivity index (χ2n) is 6.96. The Hall–Kier alpha value is -0.740. The van der Waals surface area contributed by atoms with Crippen LogP contribution in [-0.2, 0) is 9.53 Å². The molecule has 0 aromatic carbocycles. The SMILES string of the molecule is CC1(C(=O)OCC(C)(C)C(F)(F)F)CC2CCC1C2. The number of ether oxygens (including phenoxy) is 1. The van der Waals surface area contributed by atoms with Gasteiger partial charge in [-0.1, -0.05) is 6.42 Å². The van der Waals surface area contributed by atoms with Gasteiger partial charge in [0.25, 0.3) is 0 Å². The first kappa shape index (κ1) is 14.7. The molecule has 110 valence electrons. The highest BCUT2D eigenvalue weighted by Gasteiger charge is 2.54. The van der Waals surface area contributed by atoms with Gasteiger partial charge in [0.2, 0.25) is 0 Å². The summed E-state index contributed by atoms with van der Waals surface area (Å²) >= 11 is 0. The maximum Gasteiger partial charge on any atom is 0.397 e. The number of hydrogen-bond donors (Lipinski definition) is 0. The minimum absolute atomic E-state index is 0.291. The van der Waals surface area contributed by atoms with Gasteiger partial charge in [0.1, 0.15) is 6.61 Å². The highest BCUT2D eigenvalue weighted by Crippen LogP contribution is 2.56. The van der Waals surface area contributed by atoms with Crippen LogP contribution in [0.5, 0.6) is 0 Å². The zero-order chi connectivity index (χ0) is 14.5. The van der Waals surface area contributed by atoms with Gasteiger partial charge in [-0.05, 0) is 51.9 Å². The van der Waals surface area contributed by atoms with Crippen molar-refractivity contribution in [1.29, 1.82) is 0 Å². The molecule has 0 spiro atoms. The smallest absolute Gasteiger partial charge is 0.397 e. The van der Waals surface area contributed by atoms with E-state index in [1.165, 1.54) is 0 Å². The molecule has 0 saturated heterocycles. The van der Waals surface area contributed by atoms with Crippen LogP contribution in [0.15, 0.2) is 0 Å². The van der Waals surface area contributed by atoms with Crippen molar-refractivity contribution in [3.8, 4) is 0 Å². The van der Waals surface area contributed by atoms with Crippen molar-refractivity contribution >= 4 is 5.97 Å². The van der Waals surface area contributed by atoms with Crippen molar-refractivity contribution in [2.45, 2.75) is 52.6 Å². The molecule has 5 heteroatoms. The molecule has 2 aliphatic rings. The van der Waals surface area contributed by atoms with Crippen LogP contribution in [0.2, 0.25) is 0 Å². The number of alkyl halides is 3. The predicted molar refractivity (Wildman–Crippen MR) is 64.4 cm³/mol. The molecule has 2 rings (SSSR count). The molecule has 0 aromatic heterocycles. The largest absolute Gasteiger partial charge is 0.464 e. The third-order valence-electron chi connectivity index (χ3n) is 4.95. The third-order valence-corrected chi connectivity index (χ3v) is 4.95. The van der Waals surface area contributed by atoms with Crippen molar-refractivity contribution in [1.82, 2.24) is 0 Å². The number of carbonyl (C=O) groups excluding carboxylic acids is 1. The number of carbonyl (C=O) groups is 1. The maximum absolute atomic E-state index is 12.7. The van der Waals surface area contributed by atoms with E-state index in [0.717, 1.165) is 39.5 Å². The van der Waals surface area contributed by atoms with Gasteiger partial charge in [-0.2, -0.15) is 13.2 Å². The van der Waals surface area contributed by atoms with E-state index in [1.54, 1.807) is 0 Å². The van der Waals surface area contributed by atoms with E-state index < -0.39 is 29.6 Å². The average molecular weight is 278 g/mol. The molecule has 2 bridgehead atoms. The lowest BCUT2D eigenvalue weighted by Crippen LogP contribution is -2.41. The minimum Gasteiger partial charge on any atom is -0.464 e. The Balaban J connectivity index is 1.96. The summed E-state index contributed by atoms with van der Waals surface area (Å²) in [6.45, 7) is 3.37. The Kier molecular flexibility index (Phi) is 3.38. The Labute approximate surface area is 111 Å². The van der Waals surface area contributed by atoms with E-state index in [1.807, 2.05) is 6.92 Å². The topological polar surface area (TPSA) is 26.3 Å². The monoisotopic (exact) mass is 278 g/mol. The standard InChI is InChI=1S/C14H21F3O2/c1-12(2,14(15,16)17)8-19-11(18)13(3)7-9-4-5-10(13)6-9/h9-10H,4-8H2,1-3H3. The highest BCUT2D eigenvalue weighted by atomic mass is 19.4. The fourth-order valence-electron chi connectivity index (χ4n) is 3.35. The Morgan fingerprint density at radius 3 is 2.37 bits per heavy atom. The molecule has 0 radical (unpaired) electrons. The van der Waals surface area contributed by atoms with E-state index in [9.17, 15) is 18.0 Å². The number of halogens is 3. The number of fused-ring (bicyclic) bond motifs is 2. The molecule has 0 aliphatic heterocycles. The van der Waals surface area contributed by atoms with E-state index in [-0.39, 0.29) is 0 Å². The van der Waals surface area contributed by atoms with Gasteiger partial charge in [0.15, 0.2) is 0 Å². The molecule has 0 heterocycles. The van der Waals surface area contributed by atoms with Crippen LogP contribution in [0.1, 0.15) is 46.5 Å². The summed E-state index contributed by atoms with van der Waals surface area (Å²) in [6.07, 6.45) is -0.430. The minimum atomic E-state index is -4.36. The van der Waals surface area contributed by atoms with Crippen molar-refractivity contribution in [3.05, 3.63) is 0 Å². The summed E-state index contributed by atoms with van der Waals surface area (Å²) in [4.78, 5) is 12.1. The van der Waals surface area contributed by atoms with Gasteiger partial charge in [-0.25, -0.2) is 0 Å². The number of hydrogen-bond acceptors (Lipinski definition) is 2. The quantitative estimate of drug-likeness (QED) is 0.731. The molecular formula is C14H21F3O2. The fourth-order valence-corrected chi connectivity index (χ4v) is 3.35. The summed E-state index contributed by atoms with van der Waals surface area (Å²) in [6, 6.07) is 0. The average Bonchev–Trinajstić information content (AvgIpc) is 2.84. The van der Waals surface area contributed by atoms with Crippen LogP contribution in [-0.4, -0.2) is 18.8 Å². The molecule has 2 saturated carbocycles. The molecule has 3 atom stereocenters. The second kappa shape index (κ2) is 4.38. The van der Waals surface area contributed by atoms with E-state index in [2.05, 4.69) is 0 Å². The van der Waals surface area contributed by atoms with Gasteiger partial charge >= 0.3 is 12.1 Å². The zero-order valence-electron chi connectivity index (χ0n) is 11.6. The second-order valence-corrected chi connectivity index (χ2v) is 6.96. The van der Waals surface area contributed by atoms with Crippen LogP contribution >= 0.6 is 0 Å². The van der Waals surface area contributed by atoms with E-state index in [0.29, 0.717) is 11.8 Å².